The third-order valence-electron chi connectivity index (χ3n) is 6.34. The molecule has 1 unspecified atom stereocenters. The van der Waals surface area contributed by atoms with E-state index in [1.807, 2.05) is 0 Å². The van der Waals surface area contributed by atoms with Crippen LogP contribution in [0, 0.1) is 17.1 Å². The van der Waals surface area contributed by atoms with Crippen LogP contribution in [0.3, 0.4) is 0 Å². The summed E-state index contributed by atoms with van der Waals surface area (Å²) in [6.07, 6.45) is 0.363. The quantitative estimate of drug-likeness (QED) is 0.335. The zero-order valence-electron chi connectivity index (χ0n) is 20.4. The van der Waals surface area contributed by atoms with E-state index < -0.39 is 18.5 Å². The standard InChI is InChI=1S/C28H22F3N3O4/c1-15(12-32)24-19-7-5-16(10-17(19)13-37-23-11-18(29)6-8-20(23)24)26(35)25-21(14-36-2)33-27-22(38-28(30)31)4-3-9-34(25)27/h3-11,26,28,35H,13-14H2,1-2H3. The molecule has 10 heteroatoms. The van der Waals surface area contributed by atoms with Crippen LogP contribution in [0.15, 0.2) is 60.3 Å². The third kappa shape index (κ3) is 4.47. The van der Waals surface area contributed by atoms with E-state index in [9.17, 15) is 23.5 Å². The number of methoxy groups -OCH3 is 1. The molecule has 7 nitrogen and oxygen atoms in total. The molecule has 1 aliphatic heterocycles. The zero-order chi connectivity index (χ0) is 27.0. The Labute approximate surface area is 215 Å². The van der Waals surface area contributed by atoms with Crippen molar-refractivity contribution >= 4 is 11.2 Å². The third-order valence-corrected chi connectivity index (χ3v) is 6.34. The molecule has 4 aromatic rings. The van der Waals surface area contributed by atoms with Gasteiger partial charge in [0.05, 0.1) is 24.1 Å². The van der Waals surface area contributed by atoms with Crippen molar-refractivity contribution in [2.75, 3.05) is 7.11 Å². The predicted octanol–water partition coefficient (Wildman–Crippen LogP) is 5.54. The molecular formula is C28H22F3N3O4. The van der Waals surface area contributed by atoms with Crippen molar-refractivity contribution in [3.05, 3.63) is 99.8 Å². The number of pyridine rings is 1. The molecular weight excluding hydrogens is 499 g/mol. The predicted molar refractivity (Wildman–Crippen MR) is 131 cm³/mol. The molecule has 0 aliphatic carbocycles. The molecule has 0 saturated carbocycles. The largest absolute Gasteiger partial charge is 0.488 e. The Bertz CT molecular complexity index is 1610. The number of aliphatic hydroxyl groups is 1. The summed E-state index contributed by atoms with van der Waals surface area (Å²) in [4.78, 5) is 4.40. The molecule has 1 atom stereocenters. The fourth-order valence-corrected chi connectivity index (χ4v) is 4.72. The van der Waals surface area contributed by atoms with E-state index in [-0.39, 0.29) is 24.6 Å². The SMILES string of the molecule is COCc1nc2c(OC(F)F)cccn2c1C(O)c1ccc2c(c1)COc1cc(F)ccc1C2=C(C)C#N. The summed E-state index contributed by atoms with van der Waals surface area (Å²) in [5, 5.41) is 21.2. The molecule has 2 aromatic heterocycles. The zero-order valence-corrected chi connectivity index (χ0v) is 20.4. The van der Waals surface area contributed by atoms with E-state index in [4.69, 9.17) is 9.47 Å². The van der Waals surface area contributed by atoms with E-state index in [0.717, 1.165) is 0 Å². The number of allylic oxidation sites excluding steroid dienone is 1. The van der Waals surface area contributed by atoms with Crippen LogP contribution >= 0.6 is 0 Å². The molecule has 2 aromatic carbocycles. The Morgan fingerprint density at radius 3 is 2.74 bits per heavy atom. The van der Waals surface area contributed by atoms with E-state index in [1.165, 1.54) is 35.8 Å². The van der Waals surface area contributed by atoms with E-state index >= 15 is 0 Å². The summed E-state index contributed by atoms with van der Waals surface area (Å²) < 4.78 is 57.1. The highest BCUT2D eigenvalue weighted by Gasteiger charge is 2.27. The minimum Gasteiger partial charge on any atom is -0.488 e. The van der Waals surface area contributed by atoms with Gasteiger partial charge in [-0.3, -0.25) is 4.40 Å². The highest BCUT2D eigenvalue weighted by molar-refractivity contribution is 5.88. The second-order valence-corrected chi connectivity index (χ2v) is 8.68. The Kier molecular flexibility index (Phi) is 6.80. The van der Waals surface area contributed by atoms with Crippen LogP contribution in [-0.4, -0.2) is 28.2 Å². The molecule has 1 aliphatic rings. The number of nitriles is 1. The van der Waals surface area contributed by atoms with Crippen LogP contribution in [0.5, 0.6) is 11.5 Å². The van der Waals surface area contributed by atoms with Crippen LogP contribution in [0.4, 0.5) is 13.2 Å². The number of imidazole rings is 1. The van der Waals surface area contributed by atoms with Crippen molar-refractivity contribution in [2.45, 2.75) is 32.9 Å². The topological polar surface area (TPSA) is 89.0 Å². The normalized spacial score (nSPS) is 14.8. The maximum atomic E-state index is 14.0. The minimum atomic E-state index is -3.04. The second-order valence-electron chi connectivity index (χ2n) is 8.68. The van der Waals surface area contributed by atoms with Gasteiger partial charge in [0.25, 0.3) is 0 Å². The number of hydrogen-bond acceptors (Lipinski definition) is 6. The molecule has 194 valence electrons. The highest BCUT2D eigenvalue weighted by atomic mass is 19.3. The number of alkyl halides is 2. The molecule has 0 amide bonds. The molecule has 1 N–H and O–H groups in total. The van der Waals surface area contributed by atoms with Gasteiger partial charge in [0, 0.05) is 36.1 Å². The van der Waals surface area contributed by atoms with Gasteiger partial charge in [-0.15, -0.1) is 0 Å². The Hall–Kier alpha value is -4.33. The van der Waals surface area contributed by atoms with Crippen LogP contribution < -0.4 is 9.47 Å². The summed E-state index contributed by atoms with van der Waals surface area (Å²) >= 11 is 0. The number of fused-ring (bicyclic) bond motifs is 3. The lowest BCUT2D eigenvalue weighted by molar-refractivity contribution is -0.0491. The molecule has 0 saturated heterocycles. The van der Waals surface area contributed by atoms with E-state index in [1.54, 1.807) is 37.4 Å². The molecule has 0 fully saturated rings. The summed E-state index contributed by atoms with van der Waals surface area (Å²) in [7, 11) is 1.46. The van der Waals surface area contributed by atoms with Crippen molar-refractivity contribution in [2.24, 2.45) is 0 Å². The number of aliphatic hydroxyl groups excluding tert-OH is 1. The lowest BCUT2D eigenvalue weighted by Crippen LogP contribution is -2.09. The second kappa shape index (κ2) is 10.2. The Morgan fingerprint density at radius 2 is 2.00 bits per heavy atom. The number of aromatic nitrogens is 2. The monoisotopic (exact) mass is 521 g/mol. The van der Waals surface area contributed by atoms with Crippen LogP contribution in [-0.2, 0) is 18.0 Å². The Morgan fingerprint density at radius 1 is 1.21 bits per heavy atom. The van der Waals surface area contributed by atoms with Gasteiger partial charge < -0.3 is 19.3 Å². The molecule has 5 rings (SSSR count). The smallest absolute Gasteiger partial charge is 0.387 e. The number of benzene rings is 2. The van der Waals surface area contributed by atoms with Crippen LogP contribution in [0.2, 0.25) is 0 Å². The van der Waals surface area contributed by atoms with Gasteiger partial charge in [-0.1, -0.05) is 12.1 Å². The van der Waals surface area contributed by atoms with Crippen molar-refractivity contribution < 1.29 is 32.5 Å². The Balaban J connectivity index is 1.63. The average molecular weight is 521 g/mol. The molecule has 0 radical (unpaired) electrons. The highest BCUT2D eigenvalue weighted by Crippen LogP contribution is 2.40. The molecule has 38 heavy (non-hydrogen) atoms. The van der Waals surface area contributed by atoms with Crippen LogP contribution in [0.25, 0.3) is 11.2 Å². The minimum absolute atomic E-state index is 0.0192. The van der Waals surface area contributed by atoms with Gasteiger partial charge in [0.15, 0.2) is 11.4 Å². The number of ether oxygens (including phenoxy) is 3. The van der Waals surface area contributed by atoms with E-state index in [0.29, 0.717) is 50.5 Å². The number of hydrogen-bond donors (Lipinski definition) is 1. The van der Waals surface area contributed by atoms with Gasteiger partial charge in [-0.05, 0) is 53.9 Å². The first-order valence-corrected chi connectivity index (χ1v) is 11.6. The van der Waals surface area contributed by atoms with E-state index in [2.05, 4.69) is 15.8 Å². The van der Waals surface area contributed by atoms with Crippen molar-refractivity contribution in [3.63, 3.8) is 0 Å². The maximum Gasteiger partial charge on any atom is 0.387 e. The molecule has 0 bridgehead atoms. The van der Waals surface area contributed by atoms with Gasteiger partial charge in [-0.2, -0.15) is 14.0 Å². The summed E-state index contributed by atoms with van der Waals surface area (Å²) in [5.74, 6) is -0.294. The van der Waals surface area contributed by atoms with Gasteiger partial charge >= 0.3 is 6.61 Å². The van der Waals surface area contributed by atoms with Gasteiger partial charge in [0.2, 0.25) is 0 Å². The first-order valence-electron chi connectivity index (χ1n) is 11.6. The maximum absolute atomic E-state index is 14.0. The van der Waals surface area contributed by atoms with Crippen molar-refractivity contribution in [3.8, 4) is 17.6 Å². The summed E-state index contributed by atoms with van der Waals surface area (Å²) in [5.41, 5.74) is 4.27. The number of rotatable bonds is 6. The van der Waals surface area contributed by atoms with Gasteiger partial charge in [-0.25, -0.2) is 9.37 Å². The lowest BCUT2D eigenvalue weighted by atomic mass is 9.89. The van der Waals surface area contributed by atoms with Crippen molar-refractivity contribution in [1.29, 1.82) is 5.26 Å². The lowest BCUT2D eigenvalue weighted by Gasteiger charge is -2.17. The molecule has 3 heterocycles. The number of halogens is 3. The fourth-order valence-electron chi connectivity index (χ4n) is 4.72. The first kappa shape index (κ1) is 25.3. The average Bonchev–Trinajstić information content (AvgIpc) is 3.19. The number of nitrogens with zero attached hydrogens (tertiary/aromatic N) is 3. The van der Waals surface area contributed by atoms with Crippen LogP contribution in [0.1, 0.15) is 46.7 Å². The molecule has 0 spiro atoms. The summed E-state index contributed by atoms with van der Waals surface area (Å²) in [6, 6.07) is 14.4. The van der Waals surface area contributed by atoms with Gasteiger partial charge in [0.1, 0.15) is 24.3 Å². The first-order chi connectivity index (χ1) is 18.3. The fraction of sp³-hybridized carbons (Fsp3) is 0.214. The van der Waals surface area contributed by atoms with Crippen molar-refractivity contribution in [1.82, 2.24) is 9.38 Å². The summed E-state index contributed by atoms with van der Waals surface area (Å²) in [6.45, 7) is -1.28.